The Hall–Kier alpha value is -0.980. The lowest BCUT2D eigenvalue weighted by Gasteiger charge is -2.29. The second-order valence-electron chi connectivity index (χ2n) is 3.82. The van der Waals surface area contributed by atoms with Crippen molar-refractivity contribution in [2.24, 2.45) is 0 Å². The lowest BCUT2D eigenvalue weighted by atomic mass is 10.1. The van der Waals surface area contributed by atoms with Gasteiger partial charge in [0.2, 0.25) is 5.60 Å². The van der Waals surface area contributed by atoms with Gasteiger partial charge in [0.15, 0.2) is 0 Å². The summed E-state index contributed by atoms with van der Waals surface area (Å²) in [6.45, 7) is 0.639. The number of carbonyl (C=O) groups excluding carboxylic acids is 1. The molecule has 19 heavy (non-hydrogen) atoms. The summed E-state index contributed by atoms with van der Waals surface area (Å²) < 4.78 is 42.6. The van der Waals surface area contributed by atoms with Crippen LogP contribution in [-0.2, 0) is 9.53 Å². The van der Waals surface area contributed by atoms with Gasteiger partial charge in [-0.1, -0.05) is 23.2 Å². The third-order valence-electron chi connectivity index (χ3n) is 2.56. The van der Waals surface area contributed by atoms with E-state index in [2.05, 4.69) is 10.1 Å². The van der Waals surface area contributed by atoms with Gasteiger partial charge < -0.3 is 10.1 Å². The maximum atomic E-state index is 12.8. The number of hydrogen-bond acceptors (Lipinski definition) is 2. The highest BCUT2D eigenvalue weighted by Gasteiger charge is 2.57. The highest BCUT2D eigenvalue weighted by Crippen LogP contribution is 2.34. The topological polar surface area (TPSA) is 38.3 Å². The summed E-state index contributed by atoms with van der Waals surface area (Å²) in [4.78, 5) is 11.7. The van der Waals surface area contributed by atoms with E-state index < -0.39 is 17.7 Å². The Morgan fingerprint density at radius 2 is 1.84 bits per heavy atom. The molecular weight excluding hydrogens is 306 g/mol. The van der Waals surface area contributed by atoms with Crippen LogP contribution in [0.2, 0.25) is 10.0 Å². The number of alkyl halides is 3. The Labute approximate surface area is 117 Å². The van der Waals surface area contributed by atoms with Gasteiger partial charge >= 0.3 is 6.18 Å². The molecular formula is C11H10Cl2F3NO2. The van der Waals surface area contributed by atoms with Crippen LogP contribution in [0.4, 0.5) is 18.9 Å². The molecule has 0 fully saturated rings. The van der Waals surface area contributed by atoms with Gasteiger partial charge in [-0.2, -0.15) is 13.2 Å². The molecule has 1 N–H and O–H groups in total. The molecule has 0 saturated carbocycles. The molecule has 1 aromatic carbocycles. The van der Waals surface area contributed by atoms with Crippen molar-refractivity contribution < 1.29 is 22.7 Å². The van der Waals surface area contributed by atoms with Gasteiger partial charge in [0, 0.05) is 12.8 Å². The minimum absolute atomic E-state index is 0.0897. The van der Waals surface area contributed by atoms with E-state index in [1.807, 2.05) is 0 Å². The van der Waals surface area contributed by atoms with Gasteiger partial charge in [0.25, 0.3) is 5.91 Å². The number of ether oxygens (including phenoxy) is 1. The lowest BCUT2D eigenvalue weighted by Crippen LogP contribution is -2.53. The molecule has 0 aliphatic carbocycles. The van der Waals surface area contributed by atoms with E-state index in [4.69, 9.17) is 23.2 Å². The number of nitrogens with one attached hydrogen (secondary N) is 1. The molecule has 106 valence electrons. The minimum atomic E-state index is -4.85. The van der Waals surface area contributed by atoms with Crippen LogP contribution in [0.1, 0.15) is 6.92 Å². The first-order valence-electron chi connectivity index (χ1n) is 5.00. The first kappa shape index (κ1) is 16.1. The quantitative estimate of drug-likeness (QED) is 0.918. The summed E-state index contributed by atoms with van der Waals surface area (Å²) >= 11 is 11.4. The van der Waals surface area contributed by atoms with Crippen molar-refractivity contribution >= 4 is 34.8 Å². The zero-order valence-corrected chi connectivity index (χ0v) is 11.5. The highest BCUT2D eigenvalue weighted by molar-refractivity contribution is 6.42. The van der Waals surface area contributed by atoms with E-state index in [9.17, 15) is 18.0 Å². The maximum absolute atomic E-state index is 12.8. The van der Waals surface area contributed by atoms with Crippen molar-refractivity contribution in [3.8, 4) is 0 Å². The van der Waals surface area contributed by atoms with Crippen LogP contribution in [-0.4, -0.2) is 24.8 Å². The van der Waals surface area contributed by atoms with Gasteiger partial charge in [-0.15, -0.1) is 0 Å². The fourth-order valence-electron chi connectivity index (χ4n) is 1.16. The molecule has 1 atom stereocenters. The molecule has 0 aromatic heterocycles. The molecule has 0 bridgehead atoms. The number of anilines is 1. The Morgan fingerprint density at radius 1 is 1.26 bits per heavy atom. The van der Waals surface area contributed by atoms with E-state index in [0.717, 1.165) is 7.11 Å². The summed E-state index contributed by atoms with van der Waals surface area (Å²) in [6.07, 6.45) is -4.85. The number of benzene rings is 1. The zero-order chi connectivity index (χ0) is 14.8. The molecule has 1 rings (SSSR count). The third-order valence-corrected chi connectivity index (χ3v) is 3.30. The number of amides is 1. The number of rotatable bonds is 3. The molecule has 8 heteroatoms. The van der Waals surface area contributed by atoms with Gasteiger partial charge in [0.05, 0.1) is 10.0 Å². The number of carbonyl (C=O) groups is 1. The lowest BCUT2D eigenvalue weighted by molar-refractivity contribution is -0.251. The van der Waals surface area contributed by atoms with E-state index in [1.54, 1.807) is 0 Å². The normalized spacial score (nSPS) is 14.9. The third kappa shape index (κ3) is 3.32. The zero-order valence-electron chi connectivity index (χ0n) is 9.94. The first-order chi connectivity index (χ1) is 8.61. The van der Waals surface area contributed by atoms with Crippen LogP contribution in [0.25, 0.3) is 0 Å². The summed E-state index contributed by atoms with van der Waals surface area (Å²) in [5, 5.41) is 2.42. The SMILES string of the molecule is COC(C)(C(=O)Nc1ccc(Cl)c(Cl)c1)C(F)(F)F. The number of hydrogen-bond donors (Lipinski definition) is 1. The van der Waals surface area contributed by atoms with Gasteiger partial charge in [-0.05, 0) is 25.1 Å². The monoisotopic (exact) mass is 315 g/mol. The largest absolute Gasteiger partial charge is 0.426 e. The van der Waals surface area contributed by atoms with E-state index in [0.29, 0.717) is 6.92 Å². The fourth-order valence-corrected chi connectivity index (χ4v) is 1.46. The Morgan fingerprint density at radius 3 is 2.26 bits per heavy atom. The molecule has 0 aliphatic heterocycles. The molecule has 1 amide bonds. The summed E-state index contributed by atoms with van der Waals surface area (Å²) in [5.41, 5.74) is -2.86. The van der Waals surface area contributed by atoms with Gasteiger partial charge in [-0.25, -0.2) is 0 Å². The van der Waals surface area contributed by atoms with E-state index in [1.165, 1.54) is 18.2 Å². The predicted octanol–water partition coefficient (Wildman–Crippen LogP) is 3.90. The maximum Gasteiger partial charge on any atom is 0.426 e. The Balaban J connectivity index is 2.98. The molecule has 0 heterocycles. The van der Waals surface area contributed by atoms with Crippen molar-refractivity contribution in [2.75, 3.05) is 12.4 Å². The number of halogens is 5. The molecule has 0 spiro atoms. The van der Waals surface area contributed by atoms with Crippen molar-refractivity contribution in [1.82, 2.24) is 0 Å². The predicted molar refractivity (Wildman–Crippen MR) is 66.6 cm³/mol. The van der Waals surface area contributed by atoms with Gasteiger partial charge in [0.1, 0.15) is 0 Å². The summed E-state index contributed by atoms with van der Waals surface area (Å²) in [5.74, 6) is -1.35. The van der Waals surface area contributed by atoms with Crippen LogP contribution in [0.3, 0.4) is 0 Å². The van der Waals surface area contributed by atoms with Crippen molar-refractivity contribution in [2.45, 2.75) is 18.7 Å². The second kappa shape index (κ2) is 5.56. The molecule has 1 unspecified atom stereocenters. The fraction of sp³-hybridized carbons (Fsp3) is 0.364. The van der Waals surface area contributed by atoms with Crippen LogP contribution >= 0.6 is 23.2 Å². The van der Waals surface area contributed by atoms with E-state index in [-0.39, 0.29) is 15.7 Å². The summed E-state index contributed by atoms with van der Waals surface area (Å²) in [6, 6.07) is 3.93. The second-order valence-corrected chi connectivity index (χ2v) is 4.63. The van der Waals surface area contributed by atoms with Gasteiger partial charge in [-0.3, -0.25) is 4.79 Å². The molecule has 3 nitrogen and oxygen atoms in total. The minimum Gasteiger partial charge on any atom is -0.361 e. The van der Waals surface area contributed by atoms with Crippen LogP contribution in [0, 0.1) is 0 Å². The smallest absolute Gasteiger partial charge is 0.361 e. The molecule has 0 aliphatic rings. The van der Waals surface area contributed by atoms with Crippen LogP contribution < -0.4 is 5.32 Å². The Kier molecular flexibility index (Phi) is 4.71. The highest BCUT2D eigenvalue weighted by atomic mass is 35.5. The molecule has 0 saturated heterocycles. The standard InChI is InChI=1S/C11H10Cl2F3NO2/c1-10(19-2,11(14,15)16)9(18)17-6-3-4-7(12)8(13)5-6/h3-5H,1-2H3,(H,17,18). The van der Waals surface area contributed by atoms with Crippen LogP contribution in [0.15, 0.2) is 18.2 Å². The average molecular weight is 316 g/mol. The van der Waals surface area contributed by atoms with Crippen molar-refractivity contribution in [3.05, 3.63) is 28.2 Å². The molecule has 0 radical (unpaired) electrons. The Bertz CT molecular complexity index is 493. The van der Waals surface area contributed by atoms with Crippen molar-refractivity contribution in [3.63, 3.8) is 0 Å². The molecule has 1 aromatic rings. The summed E-state index contributed by atoms with van der Waals surface area (Å²) in [7, 11) is 0.807. The van der Waals surface area contributed by atoms with Crippen LogP contribution in [0.5, 0.6) is 0 Å². The first-order valence-corrected chi connectivity index (χ1v) is 5.76. The van der Waals surface area contributed by atoms with E-state index >= 15 is 0 Å². The van der Waals surface area contributed by atoms with Crippen molar-refractivity contribution in [1.29, 1.82) is 0 Å². The number of methoxy groups -OCH3 is 1. The average Bonchev–Trinajstić information content (AvgIpc) is 2.31.